The first kappa shape index (κ1) is 19.2. The Morgan fingerprint density at radius 1 is 1.06 bits per heavy atom. The van der Waals surface area contributed by atoms with Crippen LogP contribution in [0, 0.1) is 0 Å². The molecule has 0 unspecified atom stereocenters. The van der Waals surface area contributed by atoms with Crippen LogP contribution in [0.3, 0.4) is 0 Å². The third kappa shape index (κ3) is 8.03. The number of nitrogens with zero attached hydrogens (tertiary/aromatic N) is 1. The third-order valence-corrected chi connectivity index (χ3v) is 2.94. The van der Waals surface area contributed by atoms with Crippen molar-refractivity contribution in [2.75, 3.05) is 19.6 Å². The number of likely N-dealkylation sites (N-methyl/N-ethyl adjacent to an activating group) is 1. The summed E-state index contributed by atoms with van der Waals surface area (Å²) in [6.07, 6.45) is 0.970. The molecule has 0 saturated carbocycles. The van der Waals surface area contributed by atoms with E-state index in [1.54, 1.807) is 13.8 Å². The van der Waals surface area contributed by atoms with Crippen molar-refractivity contribution in [1.29, 1.82) is 0 Å². The maximum atomic E-state index is 10.4. The van der Waals surface area contributed by atoms with E-state index in [1.807, 2.05) is 18.7 Å². The maximum Gasteiger partial charge on any atom is 0.323 e. The lowest BCUT2D eigenvalue weighted by molar-refractivity contribution is -0.143. The smallest absolute Gasteiger partial charge is 0.323 e. The molecule has 0 aliphatic heterocycles. The Balaban J connectivity index is 0. The monoisotopic (exact) mass is 262 g/mol. The van der Waals surface area contributed by atoms with Gasteiger partial charge in [-0.15, -0.1) is 0 Å². The van der Waals surface area contributed by atoms with Gasteiger partial charge in [0.15, 0.2) is 0 Å². The van der Waals surface area contributed by atoms with Crippen LogP contribution >= 0.6 is 0 Å². The van der Waals surface area contributed by atoms with E-state index in [-0.39, 0.29) is 6.54 Å². The fourth-order valence-electron chi connectivity index (χ4n) is 1.19. The van der Waals surface area contributed by atoms with Crippen molar-refractivity contribution in [3.8, 4) is 0 Å². The predicted molar refractivity (Wildman–Crippen MR) is 70.6 cm³/mol. The Hall–Kier alpha value is -1.14. The second kappa shape index (κ2) is 9.85. The van der Waals surface area contributed by atoms with Gasteiger partial charge in [-0.3, -0.25) is 14.5 Å². The van der Waals surface area contributed by atoms with E-state index >= 15 is 0 Å². The Morgan fingerprint density at radius 3 is 1.50 bits per heavy atom. The fraction of sp³-hybridized carbons (Fsp3) is 0.833. The molecule has 0 amide bonds. The highest BCUT2D eigenvalue weighted by molar-refractivity contribution is 5.78. The zero-order chi connectivity index (χ0) is 14.8. The lowest BCUT2D eigenvalue weighted by atomic mass is 9.95. The van der Waals surface area contributed by atoms with Gasteiger partial charge in [-0.1, -0.05) is 27.7 Å². The number of hydrogen-bond donors (Lipinski definition) is 3. The number of carboxylic acids is 2. The van der Waals surface area contributed by atoms with E-state index in [0.717, 1.165) is 13.1 Å². The van der Waals surface area contributed by atoms with Crippen LogP contribution in [0.4, 0.5) is 0 Å². The Labute approximate surface area is 109 Å². The second-order valence-electron chi connectivity index (χ2n) is 4.02. The molecule has 0 aromatic heterocycles. The molecule has 0 atom stereocenters. The molecule has 4 N–H and O–H groups in total. The highest BCUT2D eigenvalue weighted by atomic mass is 16.4. The number of carbonyl (C=O) groups is 2. The first-order valence-corrected chi connectivity index (χ1v) is 6.23. The highest BCUT2D eigenvalue weighted by Crippen LogP contribution is 2.10. The molecule has 6 nitrogen and oxygen atoms in total. The molecule has 0 spiro atoms. The molecule has 0 aliphatic carbocycles. The van der Waals surface area contributed by atoms with Gasteiger partial charge >= 0.3 is 11.9 Å². The van der Waals surface area contributed by atoms with Crippen molar-refractivity contribution >= 4 is 11.9 Å². The van der Waals surface area contributed by atoms with Crippen LogP contribution in [-0.4, -0.2) is 52.2 Å². The van der Waals surface area contributed by atoms with E-state index in [1.165, 1.54) is 0 Å². The maximum absolute atomic E-state index is 10.4. The van der Waals surface area contributed by atoms with Gasteiger partial charge in [0.25, 0.3) is 0 Å². The molecule has 0 radical (unpaired) electrons. The standard InChI is InChI=1S/2C6H13NO2/c1-3-7(4-2)5-6(8)9;1-3-6(7,4-2)5(8)9/h3-5H2,1-2H3,(H,8,9);3-4,7H2,1-2H3,(H,8,9). The molecule has 108 valence electrons. The summed E-state index contributed by atoms with van der Waals surface area (Å²) in [5, 5.41) is 16.8. The normalized spacial score (nSPS) is 10.8. The molecular weight excluding hydrogens is 236 g/mol. The van der Waals surface area contributed by atoms with Crippen LogP contribution in [0.2, 0.25) is 0 Å². The summed E-state index contributed by atoms with van der Waals surface area (Å²) in [6.45, 7) is 9.23. The van der Waals surface area contributed by atoms with Crippen LogP contribution in [-0.2, 0) is 9.59 Å². The number of aliphatic carboxylic acids is 2. The van der Waals surface area contributed by atoms with E-state index < -0.39 is 17.5 Å². The van der Waals surface area contributed by atoms with Gasteiger partial charge in [-0.2, -0.15) is 0 Å². The summed E-state index contributed by atoms with van der Waals surface area (Å²) in [4.78, 5) is 22.3. The molecule has 0 fully saturated rings. The van der Waals surface area contributed by atoms with Gasteiger partial charge in [0.2, 0.25) is 0 Å². The molecule has 0 aromatic rings. The van der Waals surface area contributed by atoms with Gasteiger partial charge in [0.1, 0.15) is 5.54 Å². The zero-order valence-electron chi connectivity index (χ0n) is 11.8. The van der Waals surface area contributed by atoms with Gasteiger partial charge in [-0.05, 0) is 25.9 Å². The van der Waals surface area contributed by atoms with Crippen LogP contribution < -0.4 is 5.73 Å². The second-order valence-corrected chi connectivity index (χ2v) is 4.02. The van der Waals surface area contributed by atoms with Crippen LogP contribution in [0.1, 0.15) is 40.5 Å². The van der Waals surface area contributed by atoms with Crippen molar-refractivity contribution in [1.82, 2.24) is 4.90 Å². The van der Waals surface area contributed by atoms with Crippen LogP contribution in [0.5, 0.6) is 0 Å². The summed E-state index contributed by atoms with van der Waals surface area (Å²) in [5.74, 6) is -1.66. The fourth-order valence-corrected chi connectivity index (χ4v) is 1.19. The molecule has 0 aromatic carbocycles. The third-order valence-electron chi connectivity index (χ3n) is 2.94. The largest absolute Gasteiger partial charge is 0.480 e. The molecule has 18 heavy (non-hydrogen) atoms. The molecule has 0 saturated heterocycles. The highest BCUT2D eigenvalue weighted by Gasteiger charge is 2.28. The minimum Gasteiger partial charge on any atom is -0.480 e. The average molecular weight is 262 g/mol. The van der Waals surface area contributed by atoms with E-state index in [4.69, 9.17) is 15.9 Å². The summed E-state index contributed by atoms with van der Waals surface area (Å²) < 4.78 is 0. The molecular formula is C12H26N2O4. The first-order valence-electron chi connectivity index (χ1n) is 6.23. The number of carboxylic acid groups (broad SMARTS) is 2. The summed E-state index contributed by atoms with van der Waals surface area (Å²) >= 11 is 0. The average Bonchev–Trinajstić information content (AvgIpc) is 2.35. The summed E-state index contributed by atoms with van der Waals surface area (Å²) in [7, 11) is 0. The quantitative estimate of drug-likeness (QED) is 0.632. The first-order chi connectivity index (χ1) is 8.27. The van der Waals surface area contributed by atoms with Gasteiger partial charge in [0.05, 0.1) is 6.54 Å². The Morgan fingerprint density at radius 2 is 1.44 bits per heavy atom. The van der Waals surface area contributed by atoms with E-state index in [9.17, 15) is 9.59 Å². The number of nitrogens with two attached hydrogens (primary N) is 1. The van der Waals surface area contributed by atoms with Gasteiger partial charge in [0, 0.05) is 0 Å². The molecule has 0 rings (SSSR count). The molecule has 6 heteroatoms. The van der Waals surface area contributed by atoms with Crippen molar-refractivity contribution in [2.45, 2.75) is 46.1 Å². The van der Waals surface area contributed by atoms with Crippen molar-refractivity contribution < 1.29 is 19.8 Å². The Kier molecular flexibility index (Phi) is 10.5. The SMILES string of the molecule is CCC(N)(CC)C(=O)O.CCN(CC)CC(=O)O. The van der Waals surface area contributed by atoms with Crippen molar-refractivity contribution in [3.05, 3.63) is 0 Å². The van der Waals surface area contributed by atoms with Crippen molar-refractivity contribution in [3.63, 3.8) is 0 Å². The molecule has 0 heterocycles. The summed E-state index contributed by atoms with van der Waals surface area (Å²) in [5.41, 5.74) is 4.44. The number of rotatable bonds is 7. The van der Waals surface area contributed by atoms with E-state index in [2.05, 4.69) is 0 Å². The lowest BCUT2D eigenvalue weighted by Crippen LogP contribution is -2.46. The number of hydrogen-bond acceptors (Lipinski definition) is 4. The van der Waals surface area contributed by atoms with Gasteiger partial charge in [-0.25, -0.2) is 0 Å². The molecule has 0 aliphatic rings. The minimum absolute atomic E-state index is 0.160. The van der Waals surface area contributed by atoms with E-state index in [0.29, 0.717) is 12.8 Å². The zero-order valence-corrected chi connectivity index (χ0v) is 11.8. The Bertz CT molecular complexity index is 248. The molecule has 0 bridgehead atoms. The van der Waals surface area contributed by atoms with Crippen molar-refractivity contribution in [2.24, 2.45) is 5.73 Å². The minimum atomic E-state index is -1.00. The predicted octanol–water partition coefficient (Wildman–Crippen LogP) is 1.00. The topological polar surface area (TPSA) is 104 Å². The van der Waals surface area contributed by atoms with Crippen LogP contribution in [0.15, 0.2) is 0 Å². The summed E-state index contributed by atoms with van der Waals surface area (Å²) in [6, 6.07) is 0. The lowest BCUT2D eigenvalue weighted by Gasteiger charge is -2.19. The van der Waals surface area contributed by atoms with Gasteiger partial charge < -0.3 is 15.9 Å². The van der Waals surface area contributed by atoms with Crippen LogP contribution in [0.25, 0.3) is 0 Å².